The van der Waals surface area contributed by atoms with Crippen molar-refractivity contribution in [3.05, 3.63) is 54.1 Å². The summed E-state index contributed by atoms with van der Waals surface area (Å²) in [5, 5.41) is 9.79. The van der Waals surface area contributed by atoms with E-state index in [-0.39, 0.29) is 0 Å². The SMILES string of the molecule is CCC(C)c1ccc(-c2ccccc2O)cc1. The fourth-order valence-corrected chi connectivity index (χ4v) is 1.94. The number of phenols is 1. The number of aromatic hydroxyl groups is 1. The monoisotopic (exact) mass is 226 g/mol. The molecule has 2 aromatic carbocycles. The van der Waals surface area contributed by atoms with Crippen molar-refractivity contribution in [3.63, 3.8) is 0 Å². The first kappa shape index (κ1) is 11.7. The van der Waals surface area contributed by atoms with Gasteiger partial charge in [-0.15, -0.1) is 0 Å². The van der Waals surface area contributed by atoms with Gasteiger partial charge in [0.05, 0.1) is 0 Å². The van der Waals surface area contributed by atoms with E-state index in [1.807, 2.05) is 18.2 Å². The van der Waals surface area contributed by atoms with Crippen LogP contribution in [0.1, 0.15) is 31.7 Å². The second-order valence-electron chi connectivity index (χ2n) is 4.45. The zero-order chi connectivity index (χ0) is 12.3. The lowest BCUT2D eigenvalue weighted by atomic mass is 9.96. The van der Waals surface area contributed by atoms with Gasteiger partial charge in [-0.05, 0) is 29.5 Å². The van der Waals surface area contributed by atoms with E-state index >= 15 is 0 Å². The molecular weight excluding hydrogens is 208 g/mol. The molecule has 0 heterocycles. The fourth-order valence-electron chi connectivity index (χ4n) is 1.94. The molecule has 88 valence electrons. The van der Waals surface area contributed by atoms with Crippen LogP contribution >= 0.6 is 0 Å². The normalized spacial score (nSPS) is 12.4. The molecule has 0 saturated carbocycles. The van der Waals surface area contributed by atoms with Gasteiger partial charge < -0.3 is 5.11 Å². The Hall–Kier alpha value is -1.76. The van der Waals surface area contributed by atoms with Crippen molar-refractivity contribution < 1.29 is 5.11 Å². The molecule has 0 spiro atoms. The van der Waals surface area contributed by atoms with Gasteiger partial charge in [0, 0.05) is 5.56 Å². The van der Waals surface area contributed by atoms with Crippen LogP contribution in [0.15, 0.2) is 48.5 Å². The van der Waals surface area contributed by atoms with Crippen molar-refractivity contribution >= 4 is 0 Å². The first-order valence-corrected chi connectivity index (χ1v) is 6.10. The minimum atomic E-state index is 0.337. The lowest BCUT2D eigenvalue weighted by Gasteiger charge is -2.10. The maximum atomic E-state index is 9.79. The standard InChI is InChI=1S/C16H18O/c1-3-12(2)13-8-10-14(11-9-13)15-6-4-5-7-16(15)17/h4-12,17H,3H2,1-2H3. The van der Waals surface area contributed by atoms with Crippen LogP contribution in [0.4, 0.5) is 0 Å². The van der Waals surface area contributed by atoms with Crippen molar-refractivity contribution in [2.75, 3.05) is 0 Å². The van der Waals surface area contributed by atoms with Crippen molar-refractivity contribution in [3.8, 4) is 16.9 Å². The van der Waals surface area contributed by atoms with Crippen LogP contribution in [0.3, 0.4) is 0 Å². The van der Waals surface area contributed by atoms with Crippen LogP contribution < -0.4 is 0 Å². The molecule has 2 aromatic rings. The molecule has 0 fully saturated rings. The molecule has 1 nitrogen and oxygen atoms in total. The molecule has 1 N–H and O–H groups in total. The molecular formula is C16H18O. The van der Waals surface area contributed by atoms with Gasteiger partial charge in [0.25, 0.3) is 0 Å². The molecule has 17 heavy (non-hydrogen) atoms. The van der Waals surface area contributed by atoms with Crippen molar-refractivity contribution in [2.45, 2.75) is 26.2 Å². The molecule has 1 atom stereocenters. The summed E-state index contributed by atoms with van der Waals surface area (Å²) in [6, 6.07) is 15.9. The minimum Gasteiger partial charge on any atom is -0.507 e. The van der Waals surface area contributed by atoms with E-state index in [1.54, 1.807) is 6.07 Å². The van der Waals surface area contributed by atoms with Crippen molar-refractivity contribution in [1.82, 2.24) is 0 Å². The van der Waals surface area contributed by atoms with Gasteiger partial charge in [0.2, 0.25) is 0 Å². The van der Waals surface area contributed by atoms with Crippen LogP contribution in [-0.2, 0) is 0 Å². The zero-order valence-electron chi connectivity index (χ0n) is 10.4. The third kappa shape index (κ3) is 2.50. The molecule has 0 aliphatic heterocycles. The number of rotatable bonds is 3. The smallest absolute Gasteiger partial charge is 0.123 e. The molecule has 2 rings (SSSR count). The highest BCUT2D eigenvalue weighted by molar-refractivity contribution is 5.70. The number of hydrogen-bond acceptors (Lipinski definition) is 1. The van der Waals surface area contributed by atoms with E-state index in [0.29, 0.717) is 11.7 Å². The van der Waals surface area contributed by atoms with Crippen LogP contribution in [-0.4, -0.2) is 5.11 Å². The van der Waals surface area contributed by atoms with E-state index in [4.69, 9.17) is 0 Å². The summed E-state index contributed by atoms with van der Waals surface area (Å²) >= 11 is 0. The number of phenolic OH excluding ortho intramolecular Hbond substituents is 1. The van der Waals surface area contributed by atoms with E-state index in [9.17, 15) is 5.11 Å². The van der Waals surface area contributed by atoms with Gasteiger partial charge in [-0.1, -0.05) is 56.3 Å². The Balaban J connectivity index is 2.33. The molecule has 0 bridgehead atoms. The Morgan fingerprint density at radius 3 is 2.24 bits per heavy atom. The summed E-state index contributed by atoms with van der Waals surface area (Å²) in [6.07, 6.45) is 1.15. The van der Waals surface area contributed by atoms with E-state index in [2.05, 4.69) is 38.1 Å². The highest BCUT2D eigenvalue weighted by Gasteiger charge is 2.05. The van der Waals surface area contributed by atoms with Crippen LogP contribution in [0, 0.1) is 0 Å². The lowest BCUT2D eigenvalue weighted by Crippen LogP contribution is -1.90. The Labute approximate surface area is 103 Å². The summed E-state index contributed by atoms with van der Waals surface area (Å²) in [4.78, 5) is 0. The highest BCUT2D eigenvalue weighted by Crippen LogP contribution is 2.29. The molecule has 1 heteroatoms. The van der Waals surface area contributed by atoms with E-state index in [1.165, 1.54) is 5.56 Å². The predicted octanol–water partition coefficient (Wildman–Crippen LogP) is 4.57. The molecule has 0 saturated heterocycles. The average molecular weight is 226 g/mol. The van der Waals surface area contributed by atoms with Gasteiger partial charge in [-0.2, -0.15) is 0 Å². The largest absolute Gasteiger partial charge is 0.507 e. The fraction of sp³-hybridized carbons (Fsp3) is 0.250. The first-order chi connectivity index (χ1) is 8.22. The first-order valence-electron chi connectivity index (χ1n) is 6.10. The number of hydrogen-bond donors (Lipinski definition) is 1. The molecule has 0 amide bonds. The topological polar surface area (TPSA) is 20.2 Å². The second-order valence-corrected chi connectivity index (χ2v) is 4.45. The third-order valence-corrected chi connectivity index (χ3v) is 3.31. The van der Waals surface area contributed by atoms with E-state index < -0.39 is 0 Å². The van der Waals surface area contributed by atoms with Gasteiger partial charge in [-0.3, -0.25) is 0 Å². The van der Waals surface area contributed by atoms with Gasteiger partial charge in [0.1, 0.15) is 5.75 Å². The Morgan fingerprint density at radius 2 is 1.65 bits per heavy atom. The molecule has 0 aromatic heterocycles. The van der Waals surface area contributed by atoms with Crippen molar-refractivity contribution in [1.29, 1.82) is 0 Å². The number of para-hydroxylation sites is 1. The Kier molecular flexibility index (Phi) is 3.48. The summed E-state index contributed by atoms with van der Waals surface area (Å²) < 4.78 is 0. The lowest BCUT2D eigenvalue weighted by molar-refractivity contribution is 0.477. The summed E-state index contributed by atoms with van der Waals surface area (Å²) in [5.74, 6) is 0.928. The van der Waals surface area contributed by atoms with Gasteiger partial charge in [-0.25, -0.2) is 0 Å². The summed E-state index contributed by atoms with van der Waals surface area (Å²) in [6.45, 7) is 4.43. The molecule has 1 unspecified atom stereocenters. The average Bonchev–Trinajstić information content (AvgIpc) is 2.39. The van der Waals surface area contributed by atoms with Crippen molar-refractivity contribution in [2.24, 2.45) is 0 Å². The predicted molar refractivity (Wildman–Crippen MR) is 72.2 cm³/mol. The Morgan fingerprint density at radius 1 is 1.00 bits per heavy atom. The van der Waals surface area contributed by atoms with Crippen LogP contribution in [0.25, 0.3) is 11.1 Å². The maximum Gasteiger partial charge on any atom is 0.123 e. The van der Waals surface area contributed by atoms with Gasteiger partial charge in [0.15, 0.2) is 0 Å². The summed E-state index contributed by atoms with van der Waals surface area (Å²) in [7, 11) is 0. The minimum absolute atomic E-state index is 0.337. The van der Waals surface area contributed by atoms with Crippen LogP contribution in [0.5, 0.6) is 5.75 Å². The quantitative estimate of drug-likeness (QED) is 0.812. The number of benzene rings is 2. The highest BCUT2D eigenvalue weighted by atomic mass is 16.3. The third-order valence-electron chi connectivity index (χ3n) is 3.31. The molecule has 0 aliphatic rings. The zero-order valence-corrected chi connectivity index (χ0v) is 10.4. The molecule has 0 aliphatic carbocycles. The van der Waals surface area contributed by atoms with E-state index in [0.717, 1.165) is 17.5 Å². The second kappa shape index (κ2) is 5.05. The van der Waals surface area contributed by atoms with Crippen LogP contribution in [0.2, 0.25) is 0 Å². The molecule has 0 radical (unpaired) electrons. The Bertz CT molecular complexity index is 485. The maximum absolute atomic E-state index is 9.79. The summed E-state index contributed by atoms with van der Waals surface area (Å²) in [5.41, 5.74) is 3.31. The van der Waals surface area contributed by atoms with Gasteiger partial charge >= 0.3 is 0 Å².